The minimum Gasteiger partial charge on any atom is -0.352 e. The first-order valence-electron chi connectivity index (χ1n) is 5.19. The highest BCUT2D eigenvalue weighted by molar-refractivity contribution is 5.78. The highest BCUT2D eigenvalue weighted by Crippen LogP contribution is 2.10. The maximum atomic E-state index is 13.2. The number of hydrogen-bond donors (Lipinski definition) is 1. The van der Waals surface area contributed by atoms with Gasteiger partial charge in [0.15, 0.2) is 0 Å². The van der Waals surface area contributed by atoms with Crippen LogP contribution in [-0.4, -0.2) is 11.9 Å². The standard InChI is InChI=1S/C13H13F2NO/c1-3-4-9(2)16-13(17)7-10-5-6-11(14)8-12(10)15/h1,5-6,8-9H,4,7H2,2H3,(H,16,17). The van der Waals surface area contributed by atoms with Gasteiger partial charge in [0.05, 0.1) is 6.42 Å². The molecule has 0 fully saturated rings. The number of carbonyl (C=O) groups is 1. The smallest absolute Gasteiger partial charge is 0.224 e. The quantitative estimate of drug-likeness (QED) is 0.798. The number of halogens is 2. The van der Waals surface area contributed by atoms with E-state index in [2.05, 4.69) is 11.2 Å². The summed E-state index contributed by atoms with van der Waals surface area (Å²) in [5, 5.41) is 2.63. The Kier molecular flexibility index (Phi) is 4.65. The van der Waals surface area contributed by atoms with Gasteiger partial charge in [-0.3, -0.25) is 4.79 Å². The minimum atomic E-state index is -0.718. The molecule has 0 saturated heterocycles. The molecule has 1 atom stereocenters. The van der Waals surface area contributed by atoms with Crippen LogP contribution >= 0.6 is 0 Å². The molecule has 1 N–H and O–H groups in total. The number of amides is 1. The zero-order valence-corrected chi connectivity index (χ0v) is 9.47. The van der Waals surface area contributed by atoms with Crippen LogP contribution in [0.15, 0.2) is 18.2 Å². The third kappa shape index (κ3) is 4.23. The molecule has 1 rings (SSSR count). The molecular formula is C13H13F2NO. The number of rotatable bonds is 4. The van der Waals surface area contributed by atoms with Crippen molar-refractivity contribution in [1.29, 1.82) is 0 Å². The van der Waals surface area contributed by atoms with Crippen LogP contribution in [0.1, 0.15) is 18.9 Å². The monoisotopic (exact) mass is 237 g/mol. The van der Waals surface area contributed by atoms with Crippen molar-refractivity contribution < 1.29 is 13.6 Å². The van der Waals surface area contributed by atoms with E-state index >= 15 is 0 Å². The molecule has 1 aromatic rings. The van der Waals surface area contributed by atoms with Gasteiger partial charge in [0, 0.05) is 18.5 Å². The van der Waals surface area contributed by atoms with Crippen LogP contribution in [0.5, 0.6) is 0 Å². The van der Waals surface area contributed by atoms with Crippen LogP contribution in [0.2, 0.25) is 0 Å². The summed E-state index contributed by atoms with van der Waals surface area (Å²) in [5.41, 5.74) is 0.164. The van der Waals surface area contributed by atoms with E-state index in [0.29, 0.717) is 6.42 Å². The van der Waals surface area contributed by atoms with Gasteiger partial charge in [-0.05, 0) is 18.6 Å². The molecule has 2 nitrogen and oxygen atoms in total. The van der Waals surface area contributed by atoms with Crippen molar-refractivity contribution >= 4 is 5.91 Å². The van der Waals surface area contributed by atoms with E-state index in [9.17, 15) is 13.6 Å². The first kappa shape index (κ1) is 13.2. The van der Waals surface area contributed by atoms with E-state index in [4.69, 9.17) is 6.42 Å². The summed E-state index contributed by atoms with van der Waals surface area (Å²) < 4.78 is 25.9. The molecule has 0 aliphatic carbocycles. The normalized spacial score (nSPS) is 11.6. The van der Waals surface area contributed by atoms with E-state index in [0.717, 1.165) is 12.1 Å². The minimum absolute atomic E-state index is 0.124. The van der Waals surface area contributed by atoms with Gasteiger partial charge in [-0.15, -0.1) is 12.3 Å². The second-order valence-corrected chi connectivity index (χ2v) is 3.79. The van der Waals surface area contributed by atoms with Crippen molar-refractivity contribution in [2.75, 3.05) is 0 Å². The van der Waals surface area contributed by atoms with Crippen molar-refractivity contribution in [2.45, 2.75) is 25.8 Å². The third-order valence-corrected chi connectivity index (χ3v) is 2.20. The molecular weight excluding hydrogens is 224 g/mol. The predicted molar refractivity (Wildman–Crippen MR) is 61.1 cm³/mol. The second kappa shape index (κ2) is 6.00. The molecule has 0 spiro atoms. The first-order chi connectivity index (χ1) is 8.02. The van der Waals surface area contributed by atoms with Gasteiger partial charge in [-0.25, -0.2) is 8.78 Å². The highest BCUT2D eigenvalue weighted by atomic mass is 19.1. The van der Waals surface area contributed by atoms with Gasteiger partial charge in [-0.2, -0.15) is 0 Å². The number of hydrogen-bond acceptors (Lipinski definition) is 1. The fourth-order valence-electron chi connectivity index (χ4n) is 1.39. The summed E-state index contributed by atoms with van der Waals surface area (Å²) in [4.78, 5) is 11.5. The van der Waals surface area contributed by atoms with Crippen molar-refractivity contribution in [3.8, 4) is 12.3 Å². The number of carbonyl (C=O) groups excluding carboxylic acids is 1. The molecule has 1 unspecified atom stereocenters. The van der Waals surface area contributed by atoms with Crippen LogP contribution < -0.4 is 5.32 Å². The molecule has 0 radical (unpaired) electrons. The Balaban J connectivity index is 2.60. The fraction of sp³-hybridized carbons (Fsp3) is 0.308. The maximum Gasteiger partial charge on any atom is 0.224 e. The highest BCUT2D eigenvalue weighted by Gasteiger charge is 2.10. The van der Waals surface area contributed by atoms with E-state index < -0.39 is 11.6 Å². The third-order valence-electron chi connectivity index (χ3n) is 2.20. The molecule has 0 aromatic heterocycles. The molecule has 1 aromatic carbocycles. The van der Waals surface area contributed by atoms with Gasteiger partial charge in [0.25, 0.3) is 0 Å². The Morgan fingerprint density at radius 3 is 2.82 bits per heavy atom. The predicted octanol–water partition coefficient (Wildman–Crippen LogP) is 2.04. The Morgan fingerprint density at radius 2 is 2.24 bits per heavy atom. The van der Waals surface area contributed by atoms with E-state index in [1.54, 1.807) is 6.92 Å². The Hall–Kier alpha value is -1.89. The summed E-state index contributed by atoms with van der Waals surface area (Å²) in [5.74, 6) is 0.705. The summed E-state index contributed by atoms with van der Waals surface area (Å²) in [6.45, 7) is 1.76. The second-order valence-electron chi connectivity index (χ2n) is 3.79. The summed E-state index contributed by atoms with van der Waals surface area (Å²) >= 11 is 0. The number of nitrogens with one attached hydrogen (secondary N) is 1. The largest absolute Gasteiger partial charge is 0.352 e. The maximum absolute atomic E-state index is 13.2. The Bertz CT molecular complexity index is 451. The molecule has 0 aliphatic rings. The number of terminal acetylenes is 1. The van der Waals surface area contributed by atoms with Crippen LogP contribution in [0, 0.1) is 24.0 Å². The van der Waals surface area contributed by atoms with E-state index in [1.807, 2.05) is 0 Å². The van der Waals surface area contributed by atoms with Crippen LogP contribution in [0.3, 0.4) is 0 Å². The molecule has 1 amide bonds. The molecule has 0 aliphatic heterocycles. The first-order valence-corrected chi connectivity index (χ1v) is 5.19. The van der Waals surface area contributed by atoms with Crippen molar-refractivity contribution in [3.05, 3.63) is 35.4 Å². The van der Waals surface area contributed by atoms with Crippen LogP contribution in [0.4, 0.5) is 8.78 Å². The van der Waals surface area contributed by atoms with E-state index in [1.165, 1.54) is 6.07 Å². The topological polar surface area (TPSA) is 29.1 Å². The molecule has 0 saturated carbocycles. The lowest BCUT2D eigenvalue weighted by Gasteiger charge is -2.11. The average Bonchev–Trinajstić information content (AvgIpc) is 2.22. The van der Waals surface area contributed by atoms with Gasteiger partial charge in [0.2, 0.25) is 5.91 Å². The van der Waals surface area contributed by atoms with Crippen molar-refractivity contribution in [2.24, 2.45) is 0 Å². The molecule has 4 heteroatoms. The van der Waals surface area contributed by atoms with Gasteiger partial charge in [0.1, 0.15) is 11.6 Å². The van der Waals surface area contributed by atoms with Crippen molar-refractivity contribution in [3.63, 3.8) is 0 Å². The lowest BCUT2D eigenvalue weighted by Crippen LogP contribution is -2.33. The fourth-order valence-corrected chi connectivity index (χ4v) is 1.39. The lowest BCUT2D eigenvalue weighted by atomic mass is 10.1. The summed E-state index contributed by atoms with van der Waals surface area (Å²) in [7, 11) is 0. The lowest BCUT2D eigenvalue weighted by molar-refractivity contribution is -0.121. The van der Waals surface area contributed by atoms with Crippen molar-refractivity contribution in [1.82, 2.24) is 5.32 Å². The molecule has 0 heterocycles. The molecule has 17 heavy (non-hydrogen) atoms. The molecule has 0 bridgehead atoms. The Morgan fingerprint density at radius 1 is 1.53 bits per heavy atom. The van der Waals surface area contributed by atoms with Gasteiger partial charge < -0.3 is 5.32 Å². The van der Waals surface area contributed by atoms with Crippen LogP contribution in [0.25, 0.3) is 0 Å². The average molecular weight is 237 g/mol. The van der Waals surface area contributed by atoms with Gasteiger partial charge >= 0.3 is 0 Å². The zero-order chi connectivity index (χ0) is 12.8. The van der Waals surface area contributed by atoms with E-state index in [-0.39, 0.29) is 23.9 Å². The van der Waals surface area contributed by atoms with Crippen LogP contribution in [-0.2, 0) is 11.2 Å². The number of benzene rings is 1. The molecule has 90 valence electrons. The Labute approximate surface area is 99.0 Å². The zero-order valence-electron chi connectivity index (χ0n) is 9.47. The van der Waals surface area contributed by atoms with Gasteiger partial charge in [-0.1, -0.05) is 6.07 Å². The SMILES string of the molecule is C#CCC(C)NC(=O)Cc1ccc(F)cc1F. The summed E-state index contributed by atoms with van der Waals surface area (Å²) in [6.07, 6.45) is 5.39. The summed E-state index contributed by atoms with van der Waals surface area (Å²) in [6, 6.07) is 2.98.